The average Bonchev–Trinajstić information content (AvgIpc) is 2.37. The minimum absolute atomic E-state index is 0.205. The van der Waals surface area contributed by atoms with Crippen molar-refractivity contribution in [2.24, 2.45) is 0 Å². The lowest BCUT2D eigenvalue weighted by Crippen LogP contribution is -2.21. The molecule has 0 aliphatic carbocycles. The predicted octanol–water partition coefficient (Wildman–Crippen LogP) is 4.83. The molecule has 0 amide bonds. The summed E-state index contributed by atoms with van der Waals surface area (Å²) in [6.45, 7) is 0. The Morgan fingerprint density at radius 1 is 1.10 bits per heavy atom. The molecule has 0 heterocycles. The minimum Gasteiger partial charge on any atom is -0.309 e. The van der Waals surface area contributed by atoms with Crippen LogP contribution in [0.4, 0.5) is 13.2 Å². The number of rotatable bonds is 3. The molecule has 2 aromatic carbocycles. The van der Waals surface area contributed by atoms with Gasteiger partial charge in [-0.2, -0.15) is 0 Å². The van der Waals surface area contributed by atoms with Crippen LogP contribution in [-0.4, -0.2) is 7.05 Å². The first-order chi connectivity index (χ1) is 9.43. The topological polar surface area (TPSA) is 12.0 Å². The molecule has 20 heavy (non-hydrogen) atoms. The Labute approximate surface area is 127 Å². The lowest BCUT2D eigenvalue weighted by molar-refractivity contribution is 0.519. The molecular weight excluding hydrogens is 355 g/mol. The van der Waals surface area contributed by atoms with Crippen LogP contribution in [0.25, 0.3) is 0 Å². The van der Waals surface area contributed by atoms with E-state index in [2.05, 4.69) is 21.2 Å². The van der Waals surface area contributed by atoms with Crippen LogP contribution in [0, 0.1) is 17.5 Å². The second-order valence-corrected chi connectivity index (χ2v) is 5.49. The van der Waals surface area contributed by atoms with Crippen molar-refractivity contribution in [2.45, 2.75) is 6.04 Å². The van der Waals surface area contributed by atoms with E-state index < -0.39 is 23.5 Å². The Morgan fingerprint density at radius 2 is 1.70 bits per heavy atom. The van der Waals surface area contributed by atoms with Crippen LogP contribution in [0.5, 0.6) is 0 Å². The molecule has 0 spiro atoms. The van der Waals surface area contributed by atoms with Crippen LogP contribution in [0.15, 0.2) is 34.8 Å². The van der Waals surface area contributed by atoms with Gasteiger partial charge in [-0.05, 0) is 42.9 Å². The maximum absolute atomic E-state index is 14.0. The Bertz CT molecular complexity index is 625. The first-order valence-electron chi connectivity index (χ1n) is 5.70. The molecule has 0 saturated heterocycles. The van der Waals surface area contributed by atoms with Gasteiger partial charge in [0.15, 0.2) is 0 Å². The molecule has 2 aromatic rings. The Morgan fingerprint density at radius 3 is 2.25 bits per heavy atom. The normalized spacial score (nSPS) is 12.5. The smallest absolute Gasteiger partial charge is 0.132 e. The fourth-order valence-electron chi connectivity index (χ4n) is 2.02. The molecule has 0 bridgehead atoms. The summed E-state index contributed by atoms with van der Waals surface area (Å²) in [6, 6.07) is 5.11. The zero-order chi connectivity index (χ0) is 14.9. The second-order valence-electron chi connectivity index (χ2n) is 4.17. The van der Waals surface area contributed by atoms with Crippen molar-refractivity contribution in [3.8, 4) is 0 Å². The quantitative estimate of drug-likeness (QED) is 0.823. The van der Waals surface area contributed by atoms with E-state index in [0.717, 1.165) is 18.2 Å². The third kappa shape index (κ3) is 3.00. The molecule has 0 aromatic heterocycles. The van der Waals surface area contributed by atoms with E-state index in [1.165, 1.54) is 19.2 Å². The van der Waals surface area contributed by atoms with Gasteiger partial charge in [-0.25, -0.2) is 13.2 Å². The number of hydrogen-bond acceptors (Lipinski definition) is 1. The fraction of sp³-hybridized carbons (Fsp3) is 0.143. The summed E-state index contributed by atoms with van der Waals surface area (Å²) in [6.07, 6.45) is 0. The van der Waals surface area contributed by atoms with Gasteiger partial charge < -0.3 is 5.32 Å². The molecule has 0 radical (unpaired) electrons. The van der Waals surface area contributed by atoms with Crippen LogP contribution in [0.1, 0.15) is 17.2 Å². The molecule has 1 unspecified atom stereocenters. The van der Waals surface area contributed by atoms with Crippen LogP contribution in [-0.2, 0) is 0 Å². The highest BCUT2D eigenvalue weighted by Crippen LogP contribution is 2.33. The fourth-order valence-corrected chi connectivity index (χ4v) is 2.65. The zero-order valence-electron chi connectivity index (χ0n) is 10.4. The highest BCUT2D eigenvalue weighted by Gasteiger charge is 2.23. The van der Waals surface area contributed by atoms with E-state index in [0.29, 0.717) is 0 Å². The average molecular weight is 365 g/mol. The van der Waals surface area contributed by atoms with E-state index in [4.69, 9.17) is 11.6 Å². The molecule has 0 aliphatic rings. The Balaban J connectivity index is 2.61. The third-order valence-corrected chi connectivity index (χ3v) is 3.69. The molecule has 2 rings (SSSR count). The maximum Gasteiger partial charge on any atom is 0.132 e. The van der Waals surface area contributed by atoms with E-state index in [1.807, 2.05) is 0 Å². The summed E-state index contributed by atoms with van der Waals surface area (Å²) < 4.78 is 41.7. The van der Waals surface area contributed by atoms with Crippen LogP contribution < -0.4 is 5.32 Å². The van der Waals surface area contributed by atoms with Crippen LogP contribution >= 0.6 is 27.5 Å². The highest BCUT2D eigenvalue weighted by atomic mass is 79.9. The molecule has 0 fully saturated rings. The lowest BCUT2D eigenvalue weighted by atomic mass is 9.97. The van der Waals surface area contributed by atoms with Crippen molar-refractivity contribution in [2.75, 3.05) is 7.05 Å². The monoisotopic (exact) mass is 363 g/mol. The van der Waals surface area contributed by atoms with Crippen LogP contribution in [0.2, 0.25) is 5.02 Å². The van der Waals surface area contributed by atoms with Crippen molar-refractivity contribution in [1.29, 1.82) is 0 Å². The van der Waals surface area contributed by atoms with Gasteiger partial charge in [-0.3, -0.25) is 0 Å². The van der Waals surface area contributed by atoms with Crippen molar-refractivity contribution >= 4 is 27.5 Å². The highest BCUT2D eigenvalue weighted by molar-refractivity contribution is 9.10. The van der Waals surface area contributed by atoms with Crippen molar-refractivity contribution in [3.05, 3.63) is 68.4 Å². The van der Waals surface area contributed by atoms with Gasteiger partial charge in [-0.1, -0.05) is 27.5 Å². The van der Waals surface area contributed by atoms with Crippen molar-refractivity contribution in [1.82, 2.24) is 5.32 Å². The third-order valence-electron chi connectivity index (χ3n) is 2.89. The Kier molecular flexibility index (Phi) is 4.73. The molecule has 1 nitrogen and oxygen atoms in total. The number of hydrogen-bond donors (Lipinski definition) is 1. The van der Waals surface area contributed by atoms with Gasteiger partial charge in [0.2, 0.25) is 0 Å². The van der Waals surface area contributed by atoms with Crippen molar-refractivity contribution in [3.63, 3.8) is 0 Å². The molecule has 6 heteroatoms. The van der Waals surface area contributed by atoms with Gasteiger partial charge in [0.25, 0.3) is 0 Å². The molecule has 0 aliphatic heterocycles. The van der Waals surface area contributed by atoms with Gasteiger partial charge >= 0.3 is 0 Å². The summed E-state index contributed by atoms with van der Waals surface area (Å²) in [4.78, 5) is 0. The first kappa shape index (κ1) is 15.4. The summed E-state index contributed by atoms with van der Waals surface area (Å²) >= 11 is 9.01. The summed E-state index contributed by atoms with van der Waals surface area (Å²) in [7, 11) is 1.52. The van der Waals surface area contributed by atoms with Crippen LogP contribution in [0.3, 0.4) is 0 Å². The predicted molar refractivity (Wildman–Crippen MR) is 76.4 cm³/mol. The number of benzene rings is 2. The molecule has 0 saturated carbocycles. The van der Waals surface area contributed by atoms with Gasteiger partial charge in [0.05, 0.1) is 6.04 Å². The van der Waals surface area contributed by atoms with Gasteiger partial charge in [-0.15, -0.1) is 0 Å². The molecular formula is C14H10BrClF3N. The maximum atomic E-state index is 14.0. The van der Waals surface area contributed by atoms with E-state index in [-0.39, 0.29) is 20.6 Å². The number of nitrogens with one attached hydrogen (secondary N) is 1. The lowest BCUT2D eigenvalue weighted by Gasteiger charge is -2.20. The Hall–Kier alpha value is -1.04. The summed E-state index contributed by atoms with van der Waals surface area (Å²) in [5, 5.41) is 2.99. The minimum atomic E-state index is -0.883. The van der Waals surface area contributed by atoms with Gasteiger partial charge in [0, 0.05) is 15.1 Å². The number of halogens is 5. The van der Waals surface area contributed by atoms with E-state index >= 15 is 0 Å². The summed E-state index contributed by atoms with van der Waals surface area (Å²) in [5.74, 6) is -2.00. The largest absolute Gasteiger partial charge is 0.309 e. The van der Waals surface area contributed by atoms with Crippen molar-refractivity contribution < 1.29 is 13.2 Å². The summed E-state index contributed by atoms with van der Waals surface area (Å²) in [5.41, 5.74) is 0.0671. The van der Waals surface area contributed by atoms with E-state index in [1.54, 1.807) is 0 Å². The SMILES string of the molecule is CNC(c1cc(F)ccc1Cl)c1c(F)cc(Br)cc1F. The second kappa shape index (κ2) is 6.16. The zero-order valence-corrected chi connectivity index (χ0v) is 12.7. The van der Waals surface area contributed by atoms with E-state index in [9.17, 15) is 13.2 Å². The molecule has 1 atom stereocenters. The standard InChI is InChI=1S/C14H10BrClF3N/c1-20-14(9-6-8(17)2-3-10(9)16)13-11(18)4-7(15)5-12(13)19/h2-6,14,20H,1H3. The van der Waals surface area contributed by atoms with Gasteiger partial charge in [0.1, 0.15) is 17.5 Å². The first-order valence-corrected chi connectivity index (χ1v) is 6.87. The molecule has 106 valence electrons. The molecule has 1 N–H and O–H groups in total.